The maximum atomic E-state index is 12.6. The van der Waals surface area contributed by atoms with Crippen LogP contribution in [0.2, 0.25) is 0 Å². The molecule has 1 amide bonds. The fraction of sp³-hybridized carbons (Fsp3) is 0.909. The summed E-state index contributed by atoms with van der Waals surface area (Å²) < 4.78 is 37.7. The van der Waals surface area contributed by atoms with Crippen LogP contribution in [0.15, 0.2) is 0 Å². The van der Waals surface area contributed by atoms with Gasteiger partial charge < -0.3 is 11.1 Å². The van der Waals surface area contributed by atoms with E-state index < -0.39 is 23.7 Å². The molecule has 0 saturated heterocycles. The zero-order valence-electron chi connectivity index (χ0n) is 10.3. The molecule has 1 aliphatic carbocycles. The van der Waals surface area contributed by atoms with Gasteiger partial charge in [-0.15, -0.1) is 0 Å². The first-order valence-corrected chi connectivity index (χ1v) is 5.61. The summed E-state index contributed by atoms with van der Waals surface area (Å²) >= 11 is 0. The molecule has 0 heterocycles. The molecule has 6 heteroatoms. The molecule has 1 saturated carbocycles. The maximum Gasteiger partial charge on any atom is 0.411 e. The van der Waals surface area contributed by atoms with E-state index in [4.69, 9.17) is 5.73 Å². The van der Waals surface area contributed by atoms with Gasteiger partial charge in [0, 0.05) is 12.5 Å². The molecule has 0 radical (unpaired) electrons. The van der Waals surface area contributed by atoms with Crippen LogP contribution in [0.25, 0.3) is 0 Å². The monoisotopic (exact) mass is 252 g/mol. The summed E-state index contributed by atoms with van der Waals surface area (Å²) in [4.78, 5) is 11.5. The van der Waals surface area contributed by atoms with E-state index in [2.05, 4.69) is 5.32 Å². The Bertz CT molecular complexity index is 303. The summed E-state index contributed by atoms with van der Waals surface area (Å²) in [5.41, 5.74) is 3.47. The van der Waals surface area contributed by atoms with Crippen molar-refractivity contribution in [1.29, 1.82) is 0 Å². The average Bonchev–Trinajstić information content (AvgIpc) is 2.81. The minimum atomic E-state index is -4.37. The highest BCUT2D eigenvalue weighted by molar-refractivity contribution is 5.78. The fourth-order valence-electron chi connectivity index (χ4n) is 1.43. The molecule has 0 bridgehead atoms. The molecule has 1 rings (SSSR count). The van der Waals surface area contributed by atoms with Crippen LogP contribution in [0.5, 0.6) is 0 Å². The lowest BCUT2D eigenvalue weighted by atomic mass is 9.85. The summed E-state index contributed by atoms with van der Waals surface area (Å²) in [5.74, 6) is -0.623. The Morgan fingerprint density at radius 2 is 1.82 bits per heavy atom. The molecule has 0 aromatic heterocycles. The van der Waals surface area contributed by atoms with Gasteiger partial charge in [-0.25, -0.2) is 0 Å². The van der Waals surface area contributed by atoms with Crippen molar-refractivity contribution in [3.8, 4) is 0 Å². The van der Waals surface area contributed by atoms with Crippen molar-refractivity contribution in [2.75, 3.05) is 0 Å². The predicted octanol–water partition coefficient (Wildman–Crippen LogP) is 1.96. The van der Waals surface area contributed by atoms with Crippen molar-refractivity contribution in [3.63, 3.8) is 0 Å². The van der Waals surface area contributed by atoms with Gasteiger partial charge in [0.1, 0.15) is 5.54 Å². The first kappa shape index (κ1) is 14.3. The highest BCUT2D eigenvalue weighted by Crippen LogP contribution is 2.48. The first-order chi connectivity index (χ1) is 7.48. The van der Waals surface area contributed by atoms with Gasteiger partial charge in [-0.2, -0.15) is 13.2 Å². The van der Waals surface area contributed by atoms with E-state index in [1.165, 1.54) is 0 Å². The zero-order chi connectivity index (χ0) is 13.5. The van der Waals surface area contributed by atoms with Crippen LogP contribution < -0.4 is 11.1 Å². The van der Waals surface area contributed by atoms with Gasteiger partial charge in [-0.1, -0.05) is 20.8 Å². The van der Waals surface area contributed by atoms with Crippen molar-refractivity contribution < 1.29 is 18.0 Å². The highest BCUT2D eigenvalue weighted by atomic mass is 19.4. The molecule has 3 nitrogen and oxygen atoms in total. The topological polar surface area (TPSA) is 55.1 Å². The Kier molecular flexibility index (Phi) is 3.49. The predicted molar refractivity (Wildman–Crippen MR) is 58.2 cm³/mol. The molecule has 1 atom stereocenters. The number of hydrogen-bond acceptors (Lipinski definition) is 2. The molecule has 0 spiro atoms. The number of amides is 1. The Morgan fingerprint density at radius 3 is 2.12 bits per heavy atom. The smallest absolute Gasteiger partial charge is 0.342 e. The average molecular weight is 252 g/mol. The van der Waals surface area contributed by atoms with Crippen LogP contribution in [-0.2, 0) is 4.79 Å². The molecule has 1 aliphatic rings. The molecule has 17 heavy (non-hydrogen) atoms. The summed E-state index contributed by atoms with van der Waals surface area (Å²) in [6.07, 6.45) is -4.52. The van der Waals surface area contributed by atoms with E-state index in [1.54, 1.807) is 0 Å². The van der Waals surface area contributed by atoms with Crippen LogP contribution in [-0.4, -0.2) is 23.7 Å². The fourth-order valence-corrected chi connectivity index (χ4v) is 1.43. The van der Waals surface area contributed by atoms with Crippen molar-refractivity contribution in [3.05, 3.63) is 0 Å². The lowest BCUT2D eigenvalue weighted by Gasteiger charge is -2.28. The van der Waals surface area contributed by atoms with E-state index in [0.29, 0.717) is 0 Å². The van der Waals surface area contributed by atoms with E-state index in [0.717, 1.165) is 0 Å². The Labute approximate surface area is 98.9 Å². The van der Waals surface area contributed by atoms with Crippen LogP contribution in [0, 0.1) is 5.41 Å². The standard InChI is InChI=1S/C11H19F3N2O/c1-9(2,3)7(15)6-8(17)16-10(4-5-10)11(12,13)14/h7H,4-6,15H2,1-3H3,(H,16,17). The normalized spacial score (nSPS) is 20.9. The lowest BCUT2D eigenvalue weighted by molar-refractivity contribution is -0.170. The van der Waals surface area contributed by atoms with Gasteiger partial charge in [0.2, 0.25) is 5.91 Å². The third-order valence-corrected chi connectivity index (χ3v) is 3.19. The van der Waals surface area contributed by atoms with Crippen molar-refractivity contribution in [1.82, 2.24) is 5.32 Å². The summed E-state index contributed by atoms with van der Waals surface area (Å²) in [5, 5.41) is 2.07. The second kappa shape index (κ2) is 4.15. The van der Waals surface area contributed by atoms with Crippen LogP contribution in [0.1, 0.15) is 40.0 Å². The van der Waals surface area contributed by atoms with Crippen molar-refractivity contribution in [2.24, 2.45) is 11.1 Å². The third kappa shape index (κ3) is 3.34. The van der Waals surface area contributed by atoms with E-state index in [9.17, 15) is 18.0 Å². The van der Waals surface area contributed by atoms with Gasteiger partial charge in [0.25, 0.3) is 0 Å². The molecular formula is C11H19F3N2O. The molecule has 100 valence electrons. The highest BCUT2D eigenvalue weighted by Gasteiger charge is 2.64. The van der Waals surface area contributed by atoms with Crippen molar-refractivity contribution >= 4 is 5.91 Å². The third-order valence-electron chi connectivity index (χ3n) is 3.19. The van der Waals surface area contributed by atoms with Crippen molar-refractivity contribution in [2.45, 2.75) is 57.8 Å². The molecule has 3 N–H and O–H groups in total. The molecule has 1 fully saturated rings. The number of nitrogens with two attached hydrogens (primary N) is 1. The Morgan fingerprint density at radius 1 is 1.35 bits per heavy atom. The SMILES string of the molecule is CC(C)(C)C(N)CC(=O)NC1(C(F)(F)F)CC1. The van der Waals surface area contributed by atoms with Gasteiger partial charge in [-0.3, -0.25) is 4.79 Å². The minimum Gasteiger partial charge on any atom is -0.342 e. The molecule has 0 aliphatic heterocycles. The quantitative estimate of drug-likeness (QED) is 0.806. The van der Waals surface area contributed by atoms with Gasteiger partial charge in [0.05, 0.1) is 0 Å². The molecule has 0 aromatic rings. The molecular weight excluding hydrogens is 233 g/mol. The second-order valence-corrected chi connectivity index (χ2v) is 5.80. The number of carbonyl (C=O) groups excluding carboxylic acids is 1. The van der Waals surface area contributed by atoms with E-state index in [1.807, 2.05) is 20.8 Å². The van der Waals surface area contributed by atoms with E-state index in [-0.39, 0.29) is 24.7 Å². The number of hydrogen-bond donors (Lipinski definition) is 2. The maximum absolute atomic E-state index is 12.6. The lowest BCUT2D eigenvalue weighted by Crippen LogP contribution is -2.50. The van der Waals surface area contributed by atoms with Crippen LogP contribution >= 0.6 is 0 Å². The van der Waals surface area contributed by atoms with E-state index >= 15 is 0 Å². The van der Waals surface area contributed by atoms with Crippen LogP contribution in [0.3, 0.4) is 0 Å². The summed E-state index contributed by atoms with van der Waals surface area (Å²) in [7, 11) is 0. The largest absolute Gasteiger partial charge is 0.411 e. The molecule has 0 aromatic carbocycles. The number of nitrogens with one attached hydrogen (secondary N) is 1. The van der Waals surface area contributed by atoms with Gasteiger partial charge in [-0.05, 0) is 18.3 Å². The first-order valence-electron chi connectivity index (χ1n) is 5.61. The number of halogens is 3. The number of rotatable bonds is 3. The van der Waals surface area contributed by atoms with Gasteiger partial charge in [0.15, 0.2) is 0 Å². The summed E-state index contributed by atoms with van der Waals surface area (Å²) in [6, 6.07) is -0.452. The second-order valence-electron chi connectivity index (χ2n) is 5.80. The van der Waals surface area contributed by atoms with Crippen LogP contribution in [0.4, 0.5) is 13.2 Å². The zero-order valence-corrected chi connectivity index (χ0v) is 10.3. The minimum absolute atomic E-state index is 0.0347. The van der Waals surface area contributed by atoms with Gasteiger partial charge >= 0.3 is 6.18 Å². The Balaban J connectivity index is 2.52. The number of carbonyl (C=O) groups is 1. The Hall–Kier alpha value is -0.780. The number of alkyl halides is 3. The molecule has 1 unspecified atom stereocenters. The summed E-state index contributed by atoms with van der Waals surface area (Å²) in [6.45, 7) is 5.55.